The van der Waals surface area contributed by atoms with Crippen molar-refractivity contribution < 1.29 is 4.79 Å². The Morgan fingerprint density at radius 2 is 1.96 bits per heavy atom. The van der Waals surface area contributed by atoms with Gasteiger partial charge in [-0.05, 0) is 53.7 Å². The van der Waals surface area contributed by atoms with Crippen molar-refractivity contribution in [1.29, 1.82) is 5.26 Å². The largest absolute Gasteiger partial charge is 0.300 e. The number of aliphatic imine (C=N–C) groups is 1. The first kappa shape index (κ1) is 18.5. The van der Waals surface area contributed by atoms with Crippen molar-refractivity contribution in [3.05, 3.63) is 74.7 Å². The maximum absolute atomic E-state index is 12.3. The summed E-state index contributed by atoms with van der Waals surface area (Å²) in [4.78, 5) is 21.4. The first-order valence-corrected chi connectivity index (χ1v) is 9.65. The van der Waals surface area contributed by atoms with Crippen molar-refractivity contribution >= 4 is 68.7 Å². The van der Waals surface area contributed by atoms with Crippen LogP contribution in [0.5, 0.6) is 0 Å². The van der Waals surface area contributed by atoms with Gasteiger partial charge in [0.2, 0.25) is 0 Å². The monoisotopic (exact) mass is 424 g/mol. The molecule has 28 heavy (non-hydrogen) atoms. The number of pyridine rings is 1. The van der Waals surface area contributed by atoms with E-state index in [9.17, 15) is 10.1 Å². The third-order valence-electron chi connectivity index (χ3n) is 3.99. The Morgan fingerprint density at radius 3 is 2.71 bits per heavy atom. The summed E-state index contributed by atoms with van der Waals surface area (Å²) in [6.07, 6.45) is 3.34. The van der Waals surface area contributed by atoms with Gasteiger partial charge < -0.3 is 5.32 Å². The number of hydrogen-bond acceptors (Lipinski definition) is 5. The Balaban J connectivity index is 1.68. The topological polar surface area (TPSA) is 78.1 Å². The molecule has 0 aliphatic carbocycles. The number of carbonyl (C=O) groups excluding carboxylic acids is 1. The molecule has 1 aromatic heterocycles. The van der Waals surface area contributed by atoms with Gasteiger partial charge in [-0.15, -0.1) is 0 Å². The number of carbonyl (C=O) groups is 1. The van der Waals surface area contributed by atoms with Crippen LogP contribution in [-0.2, 0) is 4.79 Å². The van der Waals surface area contributed by atoms with Gasteiger partial charge in [-0.1, -0.05) is 35.3 Å². The van der Waals surface area contributed by atoms with E-state index in [0.717, 1.165) is 16.5 Å². The highest BCUT2D eigenvalue weighted by atomic mass is 35.5. The van der Waals surface area contributed by atoms with Crippen molar-refractivity contribution in [2.45, 2.75) is 0 Å². The van der Waals surface area contributed by atoms with E-state index in [1.54, 1.807) is 36.5 Å². The minimum absolute atomic E-state index is 0.265. The van der Waals surface area contributed by atoms with Crippen molar-refractivity contribution in [2.24, 2.45) is 4.99 Å². The predicted octanol–water partition coefficient (Wildman–Crippen LogP) is 5.30. The van der Waals surface area contributed by atoms with Crippen molar-refractivity contribution in [1.82, 2.24) is 10.3 Å². The average Bonchev–Trinajstić information content (AvgIpc) is 3.03. The lowest BCUT2D eigenvalue weighted by atomic mass is 10.1. The molecule has 1 aliphatic heterocycles. The molecular weight excluding hydrogens is 415 g/mol. The smallest absolute Gasteiger partial charge is 0.264 e. The lowest BCUT2D eigenvalue weighted by Crippen LogP contribution is -2.19. The Kier molecular flexibility index (Phi) is 5.05. The molecule has 0 unspecified atom stereocenters. The summed E-state index contributed by atoms with van der Waals surface area (Å²) in [5.41, 5.74) is 2.45. The first-order chi connectivity index (χ1) is 13.5. The summed E-state index contributed by atoms with van der Waals surface area (Å²) in [7, 11) is 0. The van der Waals surface area contributed by atoms with Gasteiger partial charge in [-0.25, -0.2) is 4.99 Å². The summed E-state index contributed by atoms with van der Waals surface area (Å²) in [6.45, 7) is 0. The van der Waals surface area contributed by atoms with Crippen LogP contribution in [0.15, 0.2) is 58.6 Å². The summed E-state index contributed by atoms with van der Waals surface area (Å²) in [5, 5.41) is 13.9. The van der Waals surface area contributed by atoms with E-state index in [1.165, 1.54) is 11.8 Å². The number of halogens is 2. The molecule has 1 aliphatic rings. The molecule has 4 rings (SSSR count). The molecule has 2 heterocycles. The highest BCUT2D eigenvalue weighted by Crippen LogP contribution is 2.35. The fourth-order valence-electron chi connectivity index (χ4n) is 2.68. The van der Waals surface area contributed by atoms with E-state index in [0.29, 0.717) is 31.4 Å². The van der Waals surface area contributed by atoms with E-state index in [4.69, 9.17) is 23.2 Å². The second kappa shape index (κ2) is 7.64. The number of para-hydroxylation sites is 1. The number of nitrogens with zero attached hydrogens (tertiary/aromatic N) is 3. The van der Waals surface area contributed by atoms with Crippen LogP contribution < -0.4 is 5.32 Å². The van der Waals surface area contributed by atoms with Crippen LogP contribution in [0.1, 0.15) is 11.1 Å². The van der Waals surface area contributed by atoms with Crippen molar-refractivity contribution in [3.63, 3.8) is 0 Å². The number of fused-ring (bicyclic) bond motifs is 1. The molecule has 3 aromatic rings. The fourth-order valence-corrected chi connectivity index (χ4v) is 3.99. The van der Waals surface area contributed by atoms with Gasteiger partial charge in [-0.3, -0.25) is 9.78 Å². The average molecular weight is 425 g/mol. The van der Waals surface area contributed by atoms with Crippen LogP contribution in [0, 0.1) is 11.3 Å². The van der Waals surface area contributed by atoms with E-state index in [2.05, 4.69) is 21.4 Å². The Bertz CT molecular complexity index is 1210. The van der Waals surface area contributed by atoms with Crippen LogP contribution in [0.4, 0.5) is 5.69 Å². The van der Waals surface area contributed by atoms with Crippen LogP contribution in [0.2, 0.25) is 10.0 Å². The third-order valence-corrected chi connectivity index (χ3v) is 5.51. The van der Waals surface area contributed by atoms with Gasteiger partial charge in [0.1, 0.15) is 5.69 Å². The number of benzene rings is 2. The van der Waals surface area contributed by atoms with E-state index in [-0.39, 0.29) is 5.91 Å². The van der Waals surface area contributed by atoms with Crippen molar-refractivity contribution in [2.75, 3.05) is 0 Å². The SMILES string of the molecule is N#Cc1ccnc2ccc(/C=C3/SC(=Nc4c(Cl)cccc4Cl)NC3=O)cc12. The van der Waals surface area contributed by atoms with E-state index in [1.807, 2.05) is 18.2 Å². The predicted molar refractivity (Wildman–Crippen MR) is 114 cm³/mol. The Morgan fingerprint density at radius 1 is 1.18 bits per heavy atom. The highest BCUT2D eigenvalue weighted by Gasteiger charge is 2.24. The molecule has 1 fully saturated rings. The minimum atomic E-state index is -0.265. The van der Waals surface area contributed by atoms with Crippen LogP contribution in [0.3, 0.4) is 0 Å². The van der Waals surface area contributed by atoms with Crippen LogP contribution in [0.25, 0.3) is 17.0 Å². The number of amidine groups is 1. The number of thioether (sulfide) groups is 1. The zero-order valence-electron chi connectivity index (χ0n) is 14.1. The molecule has 2 aromatic carbocycles. The van der Waals surface area contributed by atoms with Gasteiger partial charge in [-0.2, -0.15) is 5.26 Å². The van der Waals surface area contributed by atoms with Crippen LogP contribution in [-0.4, -0.2) is 16.1 Å². The van der Waals surface area contributed by atoms with E-state index < -0.39 is 0 Å². The number of aromatic nitrogens is 1. The lowest BCUT2D eigenvalue weighted by molar-refractivity contribution is -0.115. The van der Waals surface area contributed by atoms with Gasteiger partial charge in [0, 0.05) is 11.6 Å². The zero-order chi connectivity index (χ0) is 19.7. The molecular formula is C20H10Cl2N4OS. The molecule has 1 saturated heterocycles. The summed E-state index contributed by atoms with van der Waals surface area (Å²) >= 11 is 13.5. The summed E-state index contributed by atoms with van der Waals surface area (Å²) in [6, 6.07) is 14.4. The van der Waals surface area contributed by atoms with Crippen molar-refractivity contribution in [3.8, 4) is 6.07 Å². The summed E-state index contributed by atoms with van der Waals surface area (Å²) in [5.74, 6) is -0.265. The number of hydrogen-bond donors (Lipinski definition) is 1. The molecule has 8 heteroatoms. The molecule has 5 nitrogen and oxygen atoms in total. The fraction of sp³-hybridized carbons (Fsp3) is 0. The molecule has 1 N–H and O–H groups in total. The number of nitrogens with one attached hydrogen (secondary N) is 1. The molecule has 1 amide bonds. The standard InChI is InChI=1S/C20H10Cl2N4OS/c21-14-2-1-3-15(22)18(14)25-20-26-19(27)17(28-20)9-11-4-5-16-13(8-11)12(10-23)6-7-24-16/h1-9H,(H,25,26,27)/b17-9+. The third kappa shape index (κ3) is 3.60. The number of rotatable bonds is 2. The summed E-state index contributed by atoms with van der Waals surface area (Å²) < 4.78 is 0. The normalized spacial score (nSPS) is 16.5. The molecule has 0 bridgehead atoms. The van der Waals surface area contributed by atoms with Crippen LogP contribution >= 0.6 is 35.0 Å². The lowest BCUT2D eigenvalue weighted by Gasteiger charge is -2.02. The highest BCUT2D eigenvalue weighted by molar-refractivity contribution is 8.18. The van der Waals surface area contributed by atoms with Gasteiger partial charge in [0.05, 0.1) is 32.1 Å². The Hall–Kier alpha value is -2.85. The Labute approximate surface area is 174 Å². The van der Waals surface area contributed by atoms with Gasteiger partial charge in [0.15, 0.2) is 5.17 Å². The molecule has 0 saturated carbocycles. The second-order valence-electron chi connectivity index (χ2n) is 5.80. The zero-order valence-corrected chi connectivity index (χ0v) is 16.4. The van der Waals surface area contributed by atoms with E-state index >= 15 is 0 Å². The van der Waals surface area contributed by atoms with Gasteiger partial charge >= 0.3 is 0 Å². The van der Waals surface area contributed by atoms with Gasteiger partial charge in [0.25, 0.3) is 5.91 Å². The molecule has 0 spiro atoms. The molecule has 0 radical (unpaired) electrons. The number of amides is 1. The molecule has 136 valence electrons. The maximum atomic E-state index is 12.3. The second-order valence-corrected chi connectivity index (χ2v) is 7.64. The first-order valence-electron chi connectivity index (χ1n) is 8.07. The quantitative estimate of drug-likeness (QED) is 0.565. The molecule has 0 atom stereocenters. The maximum Gasteiger partial charge on any atom is 0.264 e. The minimum Gasteiger partial charge on any atom is -0.300 e. The number of nitriles is 1.